The summed E-state index contributed by atoms with van der Waals surface area (Å²) in [7, 11) is 0. The fraction of sp³-hybridized carbons (Fsp3) is 0.261. The van der Waals surface area contributed by atoms with Gasteiger partial charge >= 0.3 is 11.7 Å². The average molecular weight is 404 g/mol. The number of fused-ring (bicyclic) bond motifs is 3. The van der Waals surface area contributed by atoms with Gasteiger partial charge in [-0.2, -0.15) is 0 Å². The van der Waals surface area contributed by atoms with Gasteiger partial charge in [0.15, 0.2) is 5.65 Å². The Labute approximate surface area is 173 Å². The molecule has 154 valence electrons. The Balaban J connectivity index is 0.000000313. The standard InChI is InChI=1S/C18H13N3O3.C5H11N/c22-15(23)10-14-16(11-6-2-1-3-7-11)20-17-12-8-4-5-9-13(12)19-18(24)21(14)17;1-2-4-6-5-3-1/h1-9H,10H2,(H,19,24)(H,22,23);6H,1-5H2. The fourth-order valence-corrected chi connectivity index (χ4v) is 3.75. The van der Waals surface area contributed by atoms with E-state index in [0.29, 0.717) is 22.6 Å². The number of nitrogens with one attached hydrogen (secondary N) is 2. The van der Waals surface area contributed by atoms with Gasteiger partial charge in [-0.25, -0.2) is 14.2 Å². The van der Waals surface area contributed by atoms with Crippen molar-refractivity contribution in [2.45, 2.75) is 25.7 Å². The molecule has 7 nitrogen and oxygen atoms in total. The predicted octanol–water partition coefficient (Wildman–Crippen LogP) is 3.23. The van der Waals surface area contributed by atoms with Crippen molar-refractivity contribution in [3.8, 4) is 11.3 Å². The van der Waals surface area contributed by atoms with E-state index >= 15 is 0 Å². The second kappa shape index (κ2) is 8.92. The zero-order chi connectivity index (χ0) is 20.9. The van der Waals surface area contributed by atoms with Crippen LogP contribution >= 0.6 is 0 Å². The van der Waals surface area contributed by atoms with Crippen LogP contribution in [-0.2, 0) is 11.2 Å². The summed E-state index contributed by atoms with van der Waals surface area (Å²) in [5.74, 6) is -1.01. The molecule has 0 bridgehead atoms. The van der Waals surface area contributed by atoms with Crippen LogP contribution in [0.3, 0.4) is 0 Å². The number of carboxylic acids is 1. The summed E-state index contributed by atoms with van der Waals surface area (Å²) < 4.78 is 1.36. The Hall–Kier alpha value is -3.45. The number of rotatable bonds is 3. The van der Waals surface area contributed by atoms with Gasteiger partial charge in [-0.15, -0.1) is 0 Å². The Kier molecular flexibility index (Phi) is 5.90. The van der Waals surface area contributed by atoms with E-state index < -0.39 is 11.7 Å². The summed E-state index contributed by atoms with van der Waals surface area (Å²) >= 11 is 0. The lowest BCUT2D eigenvalue weighted by molar-refractivity contribution is -0.136. The van der Waals surface area contributed by atoms with Gasteiger partial charge in [0.25, 0.3) is 0 Å². The normalized spacial score (nSPS) is 13.7. The Bertz CT molecular complexity index is 1210. The second-order valence-corrected chi connectivity index (χ2v) is 7.29. The van der Waals surface area contributed by atoms with Gasteiger partial charge in [0.05, 0.1) is 23.3 Å². The molecule has 0 saturated carbocycles. The molecular formula is C23H24N4O3. The predicted molar refractivity (Wildman–Crippen MR) is 117 cm³/mol. The highest BCUT2D eigenvalue weighted by molar-refractivity contribution is 5.93. The molecule has 0 atom stereocenters. The van der Waals surface area contributed by atoms with E-state index in [9.17, 15) is 14.7 Å². The number of benzene rings is 2. The quantitative estimate of drug-likeness (QED) is 0.487. The Morgan fingerprint density at radius 1 is 1.00 bits per heavy atom. The number of carboxylic acid groups (broad SMARTS) is 1. The molecule has 4 aromatic rings. The summed E-state index contributed by atoms with van der Waals surface area (Å²) in [4.78, 5) is 31.2. The first-order valence-electron chi connectivity index (χ1n) is 10.2. The van der Waals surface area contributed by atoms with Gasteiger partial charge in [0, 0.05) is 10.9 Å². The number of aliphatic carboxylic acids is 1. The molecule has 7 heteroatoms. The van der Waals surface area contributed by atoms with Crippen molar-refractivity contribution in [1.82, 2.24) is 19.7 Å². The fourth-order valence-electron chi connectivity index (χ4n) is 3.75. The molecule has 0 aliphatic carbocycles. The van der Waals surface area contributed by atoms with Crippen molar-refractivity contribution in [2.75, 3.05) is 13.1 Å². The number of hydrogen-bond donors (Lipinski definition) is 3. The smallest absolute Gasteiger partial charge is 0.332 e. The van der Waals surface area contributed by atoms with Gasteiger partial charge in [0.1, 0.15) is 0 Å². The highest BCUT2D eigenvalue weighted by Gasteiger charge is 2.20. The molecular weight excluding hydrogens is 380 g/mol. The molecule has 5 rings (SSSR count). The van der Waals surface area contributed by atoms with Crippen LogP contribution in [-0.4, -0.2) is 38.5 Å². The summed E-state index contributed by atoms with van der Waals surface area (Å²) in [6.07, 6.45) is 3.93. The maximum Gasteiger partial charge on any atom is 0.332 e. The lowest BCUT2D eigenvalue weighted by Crippen LogP contribution is -2.21. The van der Waals surface area contributed by atoms with Crippen LogP contribution in [0.15, 0.2) is 59.4 Å². The number of aromatic amines is 1. The molecule has 3 N–H and O–H groups in total. The minimum Gasteiger partial charge on any atom is -0.481 e. The van der Waals surface area contributed by atoms with Crippen LogP contribution < -0.4 is 11.0 Å². The number of aromatic nitrogens is 3. The van der Waals surface area contributed by atoms with Gasteiger partial charge in [-0.1, -0.05) is 48.9 Å². The van der Waals surface area contributed by atoms with Crippen molar-refractivity contribution < 1.29 is 9.90 Å². The molecule has 2 aromatic heterocycles. The molecule has 0 amide bonds. The van der Waals surface area contributed by atoms with Crippen LogP contribution in [0.4, 0.5) is 0 Å². The number of piperidine rings is 1. The second-order valence-electron chi connectivity index (χ2n) is 7.29. The van der Waals surface area contributed by atoms with Gasteiger partial charge in [-0.3, -0.25) is 4.79 Å². The third-order valence-electron chi connectivity index (χ3n) is 5.16. The Morgan fingerprint density at radius 3 is 2.33 bits per heavy atom. The number of imidazole rings is 1. The summed E-state index contributed by atoms with van der Waals surface area (Å²) in [6, 6.07) is 16.6. The van der Waals surface area contributed by atoms with Crippen molar-refractivity contribution >= 4 is 22.5 Å². The van der Waals surface area contributed by atoms with Gasteiger partial charge in [-0.05, 0) is 38.1 Å². The Morgan fingerprint density at radius 2 is 1.70 bits per heavy atom. The summed E-state index contributed by atoms with van der Waals surface area (Å²) in [5.41, 5.74) is 2.40. The molecule has 0 unspecified atom stereocenters. The highest BCUT2D eigenvalue weighted by atomic mass is 16.4. The van der Waals surface area contributed by atoms with E-state index in [1.807, 2.05) is 48.5 Å². The van der Waals surface area contributed by atoms with Crippen molar-refractivity contribution in [2.24, 2.45) is 0 Å². The lowest BCUT2D eigenvalue weighted by Gasteiger charge is -2.08. The monoisotopic (exact) mass is 404 g/mol. The SMILES string of the molecule is C1CCNCC1.O=C(O)Cc1c(-c2ccccc2)nc2c3ccccc3[nH]c(=O)n12. The van der Waals surface area contributed by atoms with E-state index in [2.05, 4.69) is 15.3 Å². The number of nitrogens with zero attached hydrogens (tertiary/aromatic N) is 2. The molecule has 30 heavy (non-hydrogen) atoms. The minimum atomic E-state index is -1.01. The average Bonchev–Trinajstić information content (AvgIpc) is 3.16. The van der Waals surface area contributed by atoms with Crippen LogP contribution in [0.25, 0.3) is 27.8 Å². The zero-order valence-electron chi connectivity index (χ0n) is 16.6. The number of para-hydroxylation sites is 1. The van der Waals surface area contributed by atoms with Crippen molar-refractivity contribution in [3.05, 3.63) is 70.8 Å². The first-order chi connectivity index (χ1) is 14.6. The maximum atomic E-state index is 12.5. The van der Waals surface area contributed by atoms with Crippen LogP contribution in [0.1, 0.15) is 25.0 Å². The molecule has 1 fully saturated rings. The van der Waals surface area contributed by atoms with Crippen LogP contribution in [0, 0.1) is 0 Å². The number of carbonyl (C=O) groups is 1. The topological polar surface area (TPSA) is 99.5 Å². The van der Waals surface area contributed by atoms with E-state index in [-0.39, 0.29) is 6.42 Å². The maximum absolute atomic E-state index is 12.5. The highest BCUT2D eigenvalue weighted by Crippen LogP contribution is 2.26. The first-order valence-corrected chi connectivity index (χ1v) is 10.2. The molecule has 1 saturated heterocycles. The third kappa shape index (κ3) is 4.11. The molecule has 2 aromatic carbocycles. The van der Waals surface area contributed by atoms with E-state index in [4.69, 9.17) is 0 Å². The van der Waals surface area contributed by atoms with Gasteiger partial charge < -0.3 is 15.4 Å². The summed E-state index contributed by atoms with van der Waals surface area (Å²) in [5, 5.41) is 13.3. The lowest BCUT2D eigenvalue weighted by atomic mass is 10.1. The van der Waals surface area contributed by atoms with E-state index in [1.165, 1.54) is 36.8 Å². The zero-order valence-corrected chi connectivity index (χ0v) is 16.6. The molecule has 3 heterocycles. The van der Waals surface area contributed by atoms with Crippen molar-refractivity contribution in [1.29, 1.82) is 0 Å². The van der Waals surface area contributed by atoms with E-state index in [0.717, 1.165) is 10.9 Å². The molecule has 0 spiro atoms. The van der Waals surface area contributed by atoms with Crippen LogP contribution in [0.2, 0.25) is 0 Å². The summed E-state index contributed by atoms with van der Waals surface area (Å²) in [6.45, 7) is 2.50. The molecule has 1 aliphatic heterocycles. The first kappa shape index (κ1) is 19.8. The third-order valence-corrected chi connectivity index (χ3v) is 5.16. The molecule has 1 aliphatic rings. The minimum absolute atomic E-state index is 0.285. The number of hydrogen-bond acceptors (Lipinski definition) is 4. The van der Waals surface area contributed by atoms with Crippen molar-refractivity contribution in [3.63, 3.8) is 0 Å². The number of H-pyrrole nitrogens is 1. The largest absolute Gasteiger partial charge is 0.481 e. The van der Waals surface area contributed by atoms with Crippen LogP contribution in [0.5, 0.6) is 0 Å². The molecule has 0 radical (unpaired) electrons. The van der Waals surface area contributed by atoms with Gasteiger partial charge in [0.2, 0.25) is 0 Å². The van der Waals surface area contributed by atoms with E-state index in [1.54, 1.807) is 6.07 Å².